The van der Waals surface area contributed by atoms with Gasteiger partial charge in [0.15, 0.2) is 0 Å². The van der Waals surface area contributed by atoms with Crippen molar-refractivity contribution in [2.45, 2.75) is 25.3 Å². The van der Waals surface area contributed by atoms with Crippen LogP contribution in [0, 0.1) is 0 Å². The first kappa shape index (κ1) is 9.48. The van der Waals surface area contributed by atoms with Crippen molar-refractivity contribution < 1.29 is 9.90 Å². The molecule has 1 unspecified atom stereocenters. The standard InChI is InChI=1S/C8H16N2O2/c9-7(6-11)5-10-4-2-1-3-8(10)12/h7,11H,1-6,9H2. The Morgan fingerprint density at radius 2 is 2.33 bits per heavy atom. The van der Waals surface area contributed by atoms with Crippen molar-refractivity contribution >= 4 is 5.91 Å². The van der Waals surface area contributed by atoms with E-state index in [4.69, 9.17) is 10.8 Å². The van der Waals surface area contributed by atoms with Crippen LogP contribution in [0.1, 0.15) is 19.3 Å². The van der Waals surface area contributed by atoms with Crippen molar-refractivity contribution in [2.24, 2.45) is 5.73 Å². The number of hydrogen-bond acceptors (Lipinski definition) is 3. The van der Waals surface area contributed by atoms with Gasteiger partial charge in [0.05, 0.1) is 6.61 Å². The summed E-state index contributed by atoms with van der Waals surface area (Å²) >= 11 is 0. The van der Waals surface area contributed by atoms with Gasteiger partial charge >= 0.3 is 0 Å². The molecule has 1 aliphatic rings. The van der Waals surface area contributed by atoms with Gasteiger partial charge in [-0.15, -0.1) is 0 Å². The minimum atomic E-state index is -0.285. The molecular weight excluding hydrogens is 156 g/mol. The Morgan fingerprint density at radius 3 is 2.92 bits per heavy atom. The molecule has 0 aromatic carbocycles. The number of likely N-dealkylation sites (tertiary alicyclic amines) is 1. The highest BCUT2D eigenvalue weighted by atomic mass is 16.3. The zero-order valence-electron chi connectivity index (χ0n) is 7.20. The third kappa shape index (κ3) is 2.46. The monoisotopic (exact) mass is 172 g/mol. The van der Waals surface area contributed by atoms with Gasteiger partial charge in [0.1, 0.15) is 0 Å². The number of rotatable bonds is 3. The smallest absolute Gasteiger partial charge is 0.222 e. The summed E-state index contributed by atoms with van der Waals surface area (Å²) in [6.07, 6.45) is 2.69. The highest BCUT2D eigenvalue weighted by Gasteiger charge is 2.19. The topological polar surface area (TPSA) is 66.6 Å². The van der Waals surface area contributed by atoms with Crippen molar-refractivity contribution in [1.82, 2.24) is 4.90 Å². The van der Waals surface area contributed by atoms with Crippen molar-refractivity contribution in [3.8, 4) is 0 Å². The number of aliphatic hydroxyl groups excluding tert-OH is 1. The SMILES string of the molecule is NC(CO)CN1CCCCC1=O. The van der Waals surface area contributed by atoms with E-state index in [2.05, 4.69) is 0 Å². The van der Waals surface area contributed by atoms with Gasteiger partial charge in [-0.25, -0.2) is 0 Å². The van der Waals surface area contributed by atoms with Gasteiger partial charge in [0.2, 0.25) is 5.91 Å². The minimum Gasteiger partial charge on any atom is -0.395 e. The highest BCUT2D eigenvalue weighted by molar-refractivity contribution is 5.76. The zero-order chi connectivity index (χ0) is 8.97. The molecule has 0 bridgehead atoms. The van der Waals surface area contributed by atoms with E-state index in [1.807, 2.05) is 0 Å². The molecule has 0 spiro atoms. The largest absolute Gasteiger partial charge is 0.395 e. The lowest BCUT2D eigenvalue weighted by Crippen LogP contribution is -2.44. The molecule has 0 radical (unpaired) electrons. The van der Waals surface area contributed by atoms with Crippen LogP contribution < -0.4 is 5.73 Å². The second kappa shape index (κ2) is 4.42. The van der Waals surface area contributed by atoms with Crippen molar-refractivity contribution in [3.63, 3.8) is 0 Å². The van der Waals surface area contributed by atoms with Gasteiger partial charge in [-0.2, -0.15) is 0 Å². The number of carbonyl (C=O) groups is 1. The van der Waals surface area contributed by atoms with Crippen LogP contribution in [-0.2, 0) is 4.79 Å². The Hall–Kier alpha value is -0.610. The first-order valence-electron chi connectivity index (χ1n) is 4.38. The van der Waals surface area contributed by atoms with Crippen molar-refractivity contribution in [2.75, 3.05) is 19.7 Å². The Kier molecular flexibility index (Phi) is 3.49. The molecule has 3 N–H and O–H groups in total. The van der Waals surface area contributed by atoms with Crippen LogP contribution in [0.25, 0.3) is 0 Å². The predicted octanol–water partition coefficient (Wildman–Crippen LogP) is -0.681. The van der Waals surface area contributed by atoms with E-state index in [-0.39, 0.29) is 18.6 Å². The van der Waals surface area contributed by atoms with E-state index in [9.17, 15) is 4.79 Å². The molecule has 1 atom stereocenters. The molecule has 0 aliphatic carbocycles. The van der Waals surface area contributed by atoms with E-state index >= 15 is 0 Å². The molecule has 1 rings (SSSR count). The summed E-state index contributed by atoms with van der Waals surface area (Å²) in [5, 5.41) is 8.69. The van der Waals surface area contributed by atoms with Crippen LogP contribution in [0.15, 0.2) is 0 Å². The van der Waals surface area contributed by atoms with Gasteiger partial charge in [-0.3, -0.25) is 4.79 Å². The summed E-state index contributed by atoms with van der Waals surface area (Å²) < 4.78 is 0. The predicted molar refractivity (Wildman–Crippen MR) is 45.5 cm³/mol. The lowest BCUT2D eigenvalue weighted by Gasteiger charge is -2.28. The van der Waals surface area contributed by atoms with Gasteiger partial charge in [0.25, 0.3) is 0 Å². The number of aliphatic hydroxyl groups is 1. The van der Waals surface area contributed by atoms with Crippen LogP contribution in [-0.4, -0.2) is 41.7 Å². The Labute approximate surface area is 72.3 Å². The molecular formula is C8H16N2O2. The summed E-state index contributed by atoms with van der Waals surface area (Å²) in [5.74, 6) is 0.171. The molecule has 1 saturated heterocycles. The molecule has 4 heteroatoms. The molecule has 0 aromatic heterocycles. The quantitative estimate of drug-likeness (QED) is 0.592. The van der Waals surface area contributed by atoms with Gasteiger partial charge in [-0.1, -0.05) is 0 Å². The minimum absolute atomic E-state index is 0.0518. The van der Waals surface area contributed by atoms with Crippen molar-refractivity contribution in [3.05, 3.63) is 0 Å². The normalized spacial score (nSPS) is 21.2. The first-order chi connectivity index (χ1) is 5.74. The van der Waals surface area contributed by atoms with Crippen LogP contribution in [0.4, 0.5) is 0 Å². The molecule has 1 fully saturated rings. The maximum Gasteiger partial charge on any atom is 0.222 e. The second-order valence-corrected chi connectivity index (χ2v) is 3.24. The van der Waals surface area contributed by atoms with Crippen LogP contribution >= 0.6 is 0 Å². The molecule has 0 saturated carbocycles. The molecule has 1 amide bonds. The second-order valence-electron chi connectivity index (χ2n) is 3.24. The maximum absolute atomic E-state index is 11.2. The van der Waals surface area contributed by atoms with Gasteiger partial charge < -0.3 is 15.7 Å². The third-order valence-corrected chi connectivity index (χ3v) is 2.11. The Morgan fingerprint density at radius 1 is 1.58 bits per heavy atom. The van der Waals surface area contributed by atoms with Crippen LogP contribution in [0.3, 0.4) is 0 Å². The fourth-order valence-corrected chi connectivity index (χ4v) is 1.40. The number of carbonyl (C=O) groups excluding carboxylic acids is 1. The average molecular weight is 172 g/mol. The summed E-state index contributed by atoms with van der Waals surface area (Å²) in [6, 6.07) is -0.285. The Balaban J connectivity index is 2.34. The Bertz CT molecular complexity index is 161. The van der Waals surface area contributed by atoms with E-state index in [0.29, 0.717) is 13.0 Å². The van der Waals surface area contributed by atoms with Crippen LogP contribution in [0.5, 0.6) is 0 Å². The van der Waals surface area contributed by atoms with Gasteiger partial charge in [-0.05, 0) is 12.8 Å². The summed E-state index contributed by atoms with van der Waals surface area (Å²) in [7, 11) is 0. The summed E-state index contributed by atoms with van der Waals surface area (Å²) in [6.45, 7) is 1.24. The maximum atomic E-state index is 11.2. The molecule has 1 heterocycles. The number of hydrogen-bond donors (Lipinski definition) is 2. The molecule has 0 aromatic rings. The highest BCUT2D eigenvalue weighted by Crippen LogP contribution is 2.09. The molecule has 4 nitrogen and oxygen atoms in total. The van der Waals surface area contributed by atoms with Gasteiger partial charge in [0, 0.05) is 25.6 Å². The number of amides is 1. The summed E-state index contributed by atoms with van der Waals surface area (Å²) in [4.78, 5) is 13.0. The third-order valence-electron chi connectivity index (χ3n) is 2.11. The van der Waals surface area contributed by atoms with Crippen molar-refractivity contribution in [1.29, 1.82) is 0 Å². The number of piperidine rings is 1. The van der Waals surface area contributed by atoms with Crippen LogP contribution in [0.2, 0.25) is 0 Å². The molecule has 1 aliphatic heterocycles. The van der Waals surface area contributed by atoms with E-state index in [1.54, 1.807) is 4.90 Å². The lowest BCUT2D eigenvalue weighted by atomic mass is 10.1. The zero-order valence-corrected chi connectivity index (χ0v) is 7.20. The fourth-order valence-electron chi connectivity index (χ4n) is 1.40. The van der Waals surface area contributed by atoms with E-state index in [1.165, 1.54) is 0 Å². The van der Waals surface area contributed by atoms with E-state index in [0.717, 1.165) is 19.4 Å². The first-order valence-corrected chi connectivity index (χ1v) is 4.38. The number of nitrogens with zero attached hydrogens (tertiary/aromatic N) is 1. The summed E-state index contributed by atoms with van der Waals surface area (Å²) in [5.41, 5.74) is 5.52. The lowest BCUT2D eigenvalue weighted by molar-refractivity contribution is -0.133. The molecule has 12 heavy (non-hydrogen) atoms. The molecule has 70 valence electrons. The van der Waals surface area contributed by atoms with E-state index < -0.39 is 0 Å². The fraction of sp³-hybridized carbons (Fsp3) is 0.875. The number of nitrogens with two attached hydrogens (primary N) is 1. The average Bonchev–Trinajstić information content (AvgIpc) is 2.09.